The third-order valence-corrected chi connectivity index (χ3v) is 4.30. The van der Waals surface area contributed by atoms with Crippen molar-refractivity contribution in [3.8, 4) is 0 Å². The zero-order chi connectivity index (χ0) is 18.4. The molecular weight excluding hydrogens is 322 g/mol. The summed E-state index contributed by atoms with van der Waals surface area (Å²) in [7, 11) is 2.02. The van der Waals surface area contributed by atoms with Crippen LogP contribution in [-0.4, -0.2) is 24.5 Å². The maximum Gasteiger partial charge on any atom is 0.276 e. The molecule has 3 rings (SSSR count). The van der Waals surface area contributed by atoms with Crippen LogP contribution in [0.3, 0.4) is 0 Å². The molecule has 0 unspecified atom stereocenters. The number of aromatic nitrogens is 1. The molecule has 0 aliphatic rings. The lowest BCUT2D eigenvalue weighted by molar-refractivity contribution is 0.0983. The first-order chi connectivity index (χ1) is 12.7. The van der Waals surface area contributed by atoms with Gasteiger partial charge in [0.05, 0.1) is 11.9 Å². The first-order valence-electron chi connectivity index (χ1n) is 8.77. The van der Waals surface area contributed by atoms with Crippen LogP contribution in [0.5, 0.6) is 0 Å². The van der Waals surface area contributed by atoms with Gasteiger partial charge in [0.25, 0.3) is 5.91 Å². The van der Waals surface area contributed by atoms with Crippen molar-refractivity contribution >= 4 is 17.3 Å². The molecule has 0 saturated heterocycles. The fourth-order valence-corrected chi connectivity index (χ4v) is 2.88. The van der Waals surface area contributed by atoms with E-state index in [-0.39, 0.29) is 5.91 Å². The van der Waals surface area contributed by atoms with Crippen LogP contribution in [-0.2, 0) is 6.54 Å². The quantitative estimate of drug-likeness (QED) is 0.665. The van der Waals surface area contributed by atoms with Crippen LogP contribution in [0.4, 0.5) is 11.4 Å². The van der Waals surface area contributed by atoms with Gasteiger partial charge in [0.15, 0.2) is 0 Å². The van der Waals surface area contributed by atoms with Crippen LogP contribution in [0.2, 0.25) is 0 Å². The van der Waals surface area contributed by atoms with E-state index in [1.165, 1.54) is 5.56 Å². The Bertz CT molecular complexity index is 832. The summed E-state index contributed by atoms with van der Waals surface area (Å²) in [4.78, 5) is 21.0. The molecule has 0 spiro atoms. The number of hydrogen-bond acceptors (Lipinski definition) is 3. The summed E-state index contributed by atoms with van der Waals surface area (Å²) in [5, 5.41) is 0. The van der Waals surface area contributed by atoms with Crippen LogP contribution in [0.15, 0.2) is 79.0 Å². The molecule has 1 amide bonds. The predicted octanol–water partition coefficient (Wildman–Crippen LogP) is 4.38. The number of carbonyl (C=O) groups excluding carboxylic acids is 1. The third-order valence-electron chi connectivity index (χ3n) is 4.30. The van der Waals surface area contributed by atoms with E-state index in [0.29, 0.717) is 12.2 Å². The number of nitrogens with zero attached hydrogens (tertiary/aromatic N) is 3. The van der Waals surface area contributed by atoms with Gasteiger partial charge in [-0.15, -0.1) is 0 Å². The van der Waals surface area contributed by atoms with Gasteiger partial charge in [0.2, 0.25) is 0 Å². The number of amides is 1. The van der Waals surface area contributed by atoms with Crippen LogP contribution in [0.1, 0.15) is 23.0 Å². The van der Waals surface area contributed by atoms with Crippen molar-refractivity contribution in [1.82, 2.24) is 4.98 Å². The highest BCUT2D eigenvalue weighted by Gasteiger charge is 2.17. The molecule has 0 N–H and O–H groups in total. The Labute approximate surface area is 154 Å². The smallest absolute Gasteiger partial charge is 0.276 e. The Morgan fingerprint density at radius 3 is 2.12 bits per heavy atom. The van der Waals surface area contributed by atoms with Crippen molar-refractivity contribution in [2.45, 2.75) is 13.5 Å². The molecule has 0 saturated carbocycles. The molecule has 1 heterocycles. The van der Waals surface area contributed by atoms with Crippen molar-refractivity contribution in [3.05, 3.63) is 90.3 Å². The van der Waals surface area contributed by atoms with E-state index in [4.69, 9.17) is 0 Å². The number of para-hydroxylation sites is 1. The van der Waals surface area contributed by atoms with Crippen molar-refractivity contribution in [2.75, 3.05) is 23.4 Å². The predicted molar refractivity (Wildman–Crippen MR) is 107 cm³/mol. The van der Waals surface area contributed by atoms with Crippen molar-refractivity contribution < 1.29 is 4.79 Å². The van der Waals surface area contributed by atoms with Crippen LogP contribution in [0.25, 0.3) is 0 Å². The molecule has 4 heteroatoms. The Morgan fingerprint density at radius 2 is 1.54 bits per heavy atom. The Morgan fingerprint density at radius 1 is 0.885 bits per heavy atom. The van der Waals surface area contributed by atoms with Gasteiger partial charge in [-0.25, -0.2) is 4.98 Å². The van der Waals surface area contributed by atoms with Gasteiger partial charge in [0, 0.05) is 25.8 Å². The highest BCUT2D eigenvalue weighted by molar-refractivity contribution is 6.04. The number of pyridine rings is 1. The van der Waals surface area contributed by atoms with E-state index in [1.807, 2.05) is 68.6 Å². The van der Waals surface area contributed by atoms with Gasteiger partial charge in [0.1, 0.15) is 5.69 Å². The molecule has 0 bridgehead atoms. The van der Waals surface area contributed by atoms with E-state index in [9.17, 15) is 4.79 Å². The average molecular weight is 345 g/mol. The Hall–Kier alpha value is -3.14. The number of hydrogen-bond donors (Lipinski definition) is 0. The number of benzene rings is 2. The fraction of sp³-hybridized carbons (Fsp3) is 0.182. The summed E-state index contributed by atoms with van der Waals surface area (Å²) < 4.78 is 0. The average Bonchev–Trinajstić information content (AvgIpc) is 2.70. The Kier molecular flexibility index (Phi) is 5.64. The molecule has 26 heavy (non-hydrogen) atoms. The summed E-state index contributed by atoms with van der Waals surface area (Å²) in [5.41, 5.74) is 3.55. The largest absolute Gasteiger partial charge is 0.369 e. The first kappa shape index (κ1) is 17.7. The van der Waals surface area contributed by atoms with Crippen LogP contribution < -0.4 is 9.80 Å². The van der Waals surface area contributed by atoms with E-state index >= 15 is 0 Å². The summed E-state index contributed by atoms with van der Waals surface area (Å²) in [5.74, 6) is -0.0871. The zero-order valence-electron chi connectivity index (χ0n) is 15.2. The van der Waals surface area contributed by atoms with E-state index in [2.05, 4.69) is 22.0 Å². The van der Waals surface area contributed by atoms with Crippen molar-refractivity contribution in [2.24, 2.45) is 0 Å². The van der Waals surface area contributed by atoms with Crippen molar-refractivity contribution in [3.63, 3.8) is 0 Å². The van der Waals surface area contributed by atoms with E-state index in [0.717, 1.165) is 17.9 Å². The second-order valence-electron chi connectivity index (χ2n) is 6.13. The molecule has 4 nitrogen and oxygen atoms in total. The normalized spacial score (nSPS) is 10.4. The molecular formula is C22H23N3O. The Balaban J connectivity index is 1.73. The SMILES string of the molecule is CCN(C(=O)c1ccc(N(C)Cc2ccccc2)cn1)c1ccccc1. The lowest BCUT2D eigenvalue weighted by Crippen LogP contribution is -2.31. The maximum absolute atomic E-state index is 12.8. The van der Waals surface area contributed by atoms with Gasteiger partial charge >= 0.3 is 0 Å². The number of anilines is 2. The second-order valence-corrected chi connectivity index (χ2v) is 6.13. The zero-order valence-corrected chi connectivity index (χ0v) is 15.2. The molecule has 1 aromatic heterocycles. The van der Waals surface area contributed by atoms with Gasteiger partial charge in [-0.2, -0.15) is 0 Å². The second kappa shape index (κ2) is 8.30. The first-order valence-corrected chi connectivity index (χ1v) is 8.77. The molecule has 2 aromatic carbocycles. The summed E-state index contributed by atoms with van der Waals surface area (Å²) in [6.07, 6.45) is 1.76. The lowest BCUT2D eigenvalue weighted by atomic mass is 10.2. The minimum absolute atomic E-state index is 0.0871. The van der Waals surface area contributed by atoms with Gasteiger partial charge in [-0.1, -0.05) is 48.5 Å². The van der Waals surface area contributed by atoms with E-state index < -0.39 is 0 Å². The number of carbonyl (C=O) groups is 1. The summed E-state index contributed by atoms with van der Waals surface area (Å²) in [6.45, 7) is 3.36. The molecule has 3 aromatic rings. The molecule has 0 aliphatic carbocycles. The minimum atomic E-state index is -0.0871. The topological polar surface area (TPSA) is 36.4 Å². The van der Waals surface area contributed by atoms with Crippen molar-refractivity contribution in [1.29, 1.82) is 0 Å². The monoisotopic (exact) mass is 345 g/mol. The summed E-state index contributed by atoms with van der Waals surface area (Å²) in [6, 6.07) is 23.7. The van der Waals surface area contributed by atoms with Crippen LogP contribution >= 0.6 is 0 Å². The third kappa shape index (κ3) is 4.09. The highest BCUT2D eigenvalue weighted by Crippen LogP contribution is 2.18. The molecule has 0 atom stereocenters. The standard InChI is InChI=1S/C22H23N3O/c1-3-25(19-12-8-5-9-13-19)22(26)21-15-14-20(16-23-21)24(2)17-18-10-6-4-7-11-18/h4-16H,3,17H2,1-2H3. The lowest BCUT2D eigenvalue weighted by Gasteiger charge is -2.22. The minimum Gasteiger partial charge on any atom is -0.369 e. The molecule has 0 fully saturated rings. The van der Waals surface area contributed by atoms with Crippen LogP contribution in [0, 0.1) is 0 Å². The van der Waals surface area contributed by atoms with Gasteiger partial charge in [-0.3, -0.25) is 4.79 Å². The highest BCUT2D eigenvalue weighted by atomic mass is 16.2. The van der Waals surface area contributed by atoms with Gasteiger partial charge in [-0.05, 0) is 36.8 Å². The summed E-state index contributed by atoms with van der Waals surface area (Å²) >= 11 is 0. The molecule has 132 valence electrons. The molecule has 0 aliphatic heterocycles. The number of rotatable bonds is 6. The molecule has 0 radical (unpaired) electrons. The van der Waals surface area contributed by atoms with E-state index in [1.54, 1.807) is 17.2 Å². The van der Waals surface area contributed by atoms with Gasteiger partial charge < -0.3 is 9.80 Å². The fourth-order valence-electron chi connectivity index (χ4n) is 2.88. The maximum atomic E-state index is 12.8.